The summed E-state index contributed by atoms with van der Waals surface area (Å²) in [5.41, 5.74) is 0. The van der Waals surface area contributed by atoms with Gasteiger partial charge in [0.2, 0.25) is 0 Å². The van der Waals surface area contributed by atoms with Gasteiger partial charge in [0.05, 0.1) is 0 Å². The van der Waals surface area contributed by atoms with Gasteiger partial charge < -0.3 is 14.2 Å². The van der Waals surface area contributed by atoms with Crippen LogP contribution in [0.5, 0.6) is 0 Å². The van der Waals surface area contributed by atoms with Crippen LogP contribution in [0, 0.1) is 0 Å². The van der Waals surface area contributed by atoms with Crippen LogP contribution in [0.3, 0.4) is 0 Å². The van der Waals surface area contributed by atoms with Crippen molar-refractivity contribution in [2.75, 3.05) is 13.2 Å². The van der Waals surface area contributed by atoms with Gasteiger partial charge in [-0.05, 0) is 83.5 Å². The maximum atomic E-state index is 12.9. The fourth-order valence-electron chi connectivity index (χ4n) is 9.58. The largest absolute Gasteiger partial charge is 0.462 e. The molecule has 1 atom stereocenters. The number of ether oxygens (including phenoxy) is 3. The predicted molar refractivity (Wildman–Crippen MR) is 344 cm³/mol. The zero-order valence-electron chi connectivity index (χ0n) is 52.1. The third kappa shape index (κ3) is 65.0. The number of rotatable bonds is 61. The van der Waals surface area contributed by atoms with E-state index in [0.29, 0.717) is 19.3 Å². The molecule has 0 amide bonds. The van der Waals surface area contributed by atoms with Gasteiger partial charge in [0.1, 0.15) is 13.2 Å². The van der Waals surface area contributed by atoms with Gasteiger partial charge in [-0.2, -0.15) is 0 Å². The first kappa shape index (κ1) is 75.3. The molecule has 0 spiro atoms. The maximum absolute atomic E-state index is 12.9. The number of hydrogen-bond donors (Lipinski definition) is 0. The van der Waals surface area contributed by atoms with Crippen LogP contribution in [0.2, 0.25) is 0 Å². The monoisotopic (exact) mass is 1100 g/mol. The summed E-state index contributed by atoms with van der Waals surface area (Å²) in [7, 11) is 0. The van der Waals surface area contributed by atoms with E-state index in [1.807, 2.05) is 0 Å². The van der Waals surface area contributed by atoms with E-state index >= 15 is 0 Å². The average molecular weight is 1100 g/mol. The predicted octanol–water partition coefficient (Wildman–Crippen LogP) is 23.2. The van der Waals surface area contributed by atoms with Crippen molar-refractivity contribution in [1.82, 2.24) is 0 Å². The van der Waals surface area contributed by atoms with E-state index < -0.39 is 6.10 Å². The Morgan fingerprint density at radius 1 is 0.266 bits per heavy atom. The van der Waals surface area contributed by atoms with Crippen LogP contribution in [0.4, 0.5) is 0 Å². The molecule has 0 aromatic rings. The van der Waals surface area contributed by atoms with Crippen molar-refractivity contribution in [3.8, 4) is 0 Å². The second-order valence-electron chi connectivity index (χ2n) is 22.4. The van der Waals surface area contributed by atoms with E-state index in [1.54, 1.807) is 0 Å². The molecular formula is C73H126O6. The Morgan fingerprint density at radius 3 is 0.772 bits per heavy atom. The molecule has 6 nitrogen and oxygen atoms in total. The molecule has 0 saturated carbocycles. The van der Waals surface area contributed by atoms with E-state index in [2.05, 4.69) is 118 Å². The number of carbonyl (C=O) groups excluding carboxylic acids is 3. The van der Waals surface area contributed by atoms with E-state index in [4.69, 9.17) is 14.2 Å². The maximum Gasteiger partial charge on any atom is 0.306 e. The fourth-order valence-corrected chi connectivity index (χ4v) is 9.58. The molecule has 0 aliphatic carbocycles. The molecule has 0 rings (SSSR count). The van der Waals surface area contributed by atoms with Crippen LogP contribution in [-0.4, -0.2) is 37.2 Å². The lowest BCUT2D eigenvalue weighted by molar-refractivity contribution is -0.167. The summed E-state index contributed by atoms with van der Waals surface area (Å²) >= 11 is 0. The molecule has 1 unspecified atom stereocenters. The number of hydrogen-bond acceptors (Lipinski definition) is 6. The van der Waals surface area contributed by atoms with Crippen LogP contribution < -0.4 is 0 Å². The minimum atomic E-state index is -0.786. The Morgan fingerprint density at radius 2 is 0.494 bits per heavy atom. The first-order chi connectivity index (χ1) is 39.0. The van der Waals surface area contributed by atoms with Crippen molar-refractivity contribution >= 4 is 17.9 Å². The fraction of sp³-hybridized carbons (Fsp3) is 0.740. The highest BCUT2D eigenvalue weighted by Gasteiger charge is 2.19. The molecule has 0 aliphatic heterocycles. The third-order valence-electron chi connectivity index (χ3n) is 14.6. The molecule has 0 fully saturated rings. The second kappa shape index (κ2) is 66.8. The molecular weight excluding hydrogens is 973 g/mol. The normalized spacial score (nSPS) is 12.7. The topological polar surface area (TPSA) is 78.9 Å². The van der Waals surface area contributed by atoms with Crippen molar-refractivity contribution in [3.63, 3.8) is 0 Å². The van der Waals surface area contributed by atoms with Gasteiger partial charge in [-0.3, -0.25) is 14.4 Å². The Bertz CT molecular complexity index is 1540. The van der Waals surface area contributed by atoms with Crippen molar-refractivity contribution < 1.29 is 28.6 Å². The molecule has 0 aromatic carbocycles. The first-order valence-electron chi connectivity index (χ1n) is 33.7. The summed E-state index contributed by atoms with van der Waals surface area (Å²) in [6.45, 7) is 6.53. The third-order valence-corrected chi connectivity index (χ3v) is 14.6. The summed E-state index contributed by atoms with van der Waals surface area (Å²) in [6.07, 6.45) is 90.0. The molecule has 0 saturated heterocycles. The molecule has 0 aromatic heterocycles. The van der Waals surface area contributed by atoms with E-state index in [1.165, 1.54) is 167 Å². The summed E-state index contributed by atoms with van der Waals surface area (Å²) in [4.78, 5) is 38.3. The Labute approximate surface area is 489 Å². The molecule has 454 valence electrons. The molecule has 0 N–H and O–H groups in total. The van der Waals surface area contributed by atoms with Gasteiger partial charge in [-0.15, -0.1) is 0 Å². The zero-order chi connectivity index (χ0) is 57.1. The van der Waals surface area contributed by atoms with Crippen molar-refractivity contribution in [3.05, 3.63) is 97.2 Å². The Kier molecular flexibility index (Phi) is 63.7. The molecule has 0 aliphatic rings. The summed E-state index contributed by atoms with van der Waals surface area (Å²) < 4.78 is 16.9. The van der Waals surface area contributed by atoms with Crippen LogP contribution in [-0.2, 0) is 28.6 Å². The average Bonchev–Trinajstić information content (AvgIpc) is 3.45. The Balaban J connectivity index is 4.28. The van der Waals surface area contributed by atoms with Gasteiger partial charge in [0.15, 0.2) is 6.10 Å². The van der Waals surface area contributed by atoms with Crippen LogP contribution in [0.1, 0.15) is 329 Å². The lowest BCUT2D eigenvalue weighted by atomic mass is 10.0. The van der Waals surface area contributed by atoms with Gasteiger partial charge in [0.25, 0.3) is 0 Å². The number of esters is 3. The summed E-state index contributed by atoms with van der Waals surface area (Å²) in [6, 6.07) is 0. The van der Waals surface area contributed by atoms with E-state index in [0.717, 1.165) is 122 Å². The van der Waals surface area contributed by atoms with Gasteiger partial charge in [-0.25, -0.2) is 0 Å². The van der Waals surface area contributed by atoms with Gasteiger partial charge in [-0.1, -0.05) is 323 Å². The highest BCUT2D eigenvalue weighted by Crippen LogP contribution is 2.17. The van der Waals surface area contributed by atoms with Crippen LogP contribution in [0.25, 0.3) is 0 Å². The highest BCUT2D eigenvalue weighted by molar-refractivity contribution is 5.71. The van der Waals surface area contributed by atoms with Crippen molar-refractivity contribution in [1.29, 1.82) is 0 Å². The summed E-state index contributed by atoms with van der Waals surface area (Å²) in [5.74, 6) is -0.895. The SMILES string of the molecule is CC/C=C\C/C=C\C/C=C\C/C=C\C/C=C\C/C=C\C/C=C\C/C=C\CCCCCCC(=O)OCC(COC(=O)CCCCCCCCCCCC)OC(=O)CCCCCCCCCCCCCCCCCCCCCCCC. The quantitative estimate of drug-likeness (QED) is 0.0261. The first-order valence-corrected chi connectivity index (χ1v) is 33.7. The highest BCUT2D eigenvalue weighted by atomic mass is 16.6. The molecule has 6 heteroatoms. The van der Waals surface area contributed by atoms with E-state index in [9.17, 15) is 14.4 Å². The van der Waals surface area contributed by atoms with Crippen LogP contribution >= 0.6 is 0 Å². The van der Waals surface area contributed by atoms with Gasteiger partial charge >= 0.3 is 17.9 Å². The van der Waals surface area contributed by atoms with Crippen molar-refractivity contribution in [2.45, 2.75) is 335 Å². The standard InChI is InChI=1S/C73H126O6/c1-4-7-10-13-16-19-22-24-26-28-30-32-34-35-36-37-38-39-40-42-43-45-47-49-51-54-57-60-63-66-72(75)78-69-70(68-77-71(74)65-62-59-56-53-21-18-15-12-9-6-3)79-73(76)67-64-61-58-55-52-50-48-46-44-41-33-31-29-27-25-23-20-17-14-11-8-5-2/h7,10,16,19,24,26,30,32,35-36,38-39,42-43,47,49,70H,4-6,8-9,11-15,17-18,20-23,25,27-29,31,33-34,37,40-41,44-46,48,50-69H2,1-3H3/b10-7-,19-16-,26-24-,32-30-,36-35-,39-38-,43-42-,49-47-. The molecule has 0 heterocycles. The minimum absolute atomic E-state index is 0.0816. The summed E-state index contributed by atoms with van der Waals surface area (Å²) in [5, 5.41) is 0. The zero-order valence-corrected chi connectivity index (χ0v) is 52.1. The second-order valence-corrected chi connectivity index (χ2v) is 22.4. The lowest BCUT2D eigenvalue weighted by Crippen LogP contribution is -2.30. The molecule has 79 heavy (non-hydrogen) atoms. The van der Waals surface area contributed by atoms with E-state index in [-0.39, 0.29) is 31.1 Å². The number of unbranched alkanes of at least 4 members (excludes halogenated alkanes) is 34. The number of allylic oxidation sites excluding steroid dienone is 16. The van der Waals surface area contributed by atoms with Crippen molar-refractivity contribution in [2.24, 2.45) is 0 Å². The van der Waals surface area contributed by atoms with Gasteiger partial charge in [0, 0.05) is 19.3 Å². The lowest BCUT2D eigenvalue weighted by Gasteiger charge is -2.18. The van der Waals surface area contributed by atoms with Crippen LogP contribution in [0.15, 0.2) is 97.2 Å². The molecule has 0 bridgehead atoms. The minimum Gasteiger partial charge on any atom is -0.462 e. The number of carbonyl (C=O) groups is 3. The Hall–Kier alpha value is -3.67. The smallest absolute Gasteiger partial charge is 0.306 e. The molecule has 0 radical (unpaired) electrons.